The number of thiophene rings is 1. The molecule has 92 valence electrons. The third-order valence-corrected chi connectivity index (χ3v) is 4.76. The summed E-state index contributed by atoms with van der Waals surface area (Å²) in [7, 11) is 1.95. The first kappa shape index (κ1) is 12.8. The molecule has 0 fully saturated rings. The Morgan fingerprint density at radius 3 is 2.88 bits per heavy atom. The predicted molar refractivity (Wildman–Crippen MR) is 73.7 cm³/mol. The highest BCUT2D eigenvalue weighted by molar-refractivity contribution is 9.10. The maximum Gasteiger partial charge on any atom is 0.0738 e. The minimum absolute atomic E-state index is 0.126. The van der Waals surface area contributed by atoms with Gasteiger partial charge in [-0.3, -0.25) is 16.0 Å². The van der Waals surface area contributed by atoms with E-state index in [0.717, 1.165) is 22.3 Å². The standard InChI is InChI=1S/C11H15BrN4S/c1-7-11(12)9(16(2)15-7)6-8(14-13)10-4-3-5-17-10/h3-5,8,14H,6,13H2,1-2H3. The number of hydrogen-bond donors (Lipinski definition) is 2. The van der Waals surface area contributed by atoms with Gasteiger partial charge in [0.15, 0.2) is 0 Å². The molecule has 0 radical (unpaired) electrons. The Hall–Kier alpha value is -0.690. The lowest BCUT2D eigenvalue weighted by Gasteiger charge is -2.14. The molecule has 0 saturated heterocycles. The van der Waals surface area contributed by atoms with Gasteiger partial charge in [-0.25, -0.2) is 0 Å². The molecule has 3 N–H and O–H groups in total. The summed E-state index contributed by atoms with van der Waals surface area (Å²) in [6, 6.07) is 4.25. The van der Waals surface area contributed by atoms with E-state index < -0.39 is 0 Å². The summed E-state index contributed by atoms with van der Waals surface area (Å²) in [5.74, 6) is 5.63. The molecule has 0 saturated carbocycles. The Bertz CT molecular complexity index is 492. The van der Waals surface area contributed by atoms with Crippen LogP contribution in [0.1, 0.15) is 22.3 Å². The molecule has 2 aromatic heterocycles. The van der Waals surface area contributed by atoms with Crippen molar-refractivity contribution in [2.75, 3.05) is 0 Å². The van der Waals surface area contributed by atoms with Crippen LogP contribution in [0.15, 0.2) is 22.0 Å². The van der Waals surface area contributed by atoms with E-state index in [1.807, 2.05) is 24.7 Å². The SMILES string of the molecule is Cc1nn(C)c(CC(NN)c2cccs2)c1Br. The van der Waals surface area contributed by atoms with Gasteiger partial charge in [0.25, 0.3) is 0 Å². The molecule has 17 heavy (non-hydrogen) atoms. The van der Waals surface area contributed by atoms with Crippen LogP contribution in [0.5, 0.6) is 0 Å². The summed E-state index contributed by atoms with van der Waals surface area (Å²) in [5.41, 5.74) is 5.02. The largest absolute Gasteiger partial charge is 0.271 e. The van der Waals surface area contributed by atoms with Crippen LogP contribution in [0, 0.1) is 6.92 Å². The fraction of sp³-hybridized carbons (Fsp3) is 0.364. The van der Waals surface area contributed by atoms with Gasteiger partial charge in [0.2, 0.25) is 0 Å². The summed E-state index contributed by atoms with van der Waals surface area (Å²) in [5, 5.41) is 6.44. The van der Waals surface area contributed by atoms with Crippen LogP contribution in [0.4, 0.5) is 0 Å². The van der Waals surface area contributed by atoms with Crippen LogP contribution in [-0.2, 0) is 13.5 Å². The highest BCUT2D eigenvalue weighted by Gasteiger charge is 2.17. The topological polar surface area (TPSA) is 55.9 Å². The number of aryl methyl sites for hydroxylation is 2. The van der Waals surface area contributed by atoms with Gasteiger partial charge in [-0.15, -0.1) is 11.3 Å². The number of hydrogen-bond acceptors (Lipinski definition) is 4. The lowest BCUT2D eigenvalue weighted by atomic mass is 10.1. The zero-order valence-electron chi connectivity index (χ0n) is 9.77. The zero-order valence-corrected chi connectivity index (χ0v) is 12.2. The molecule has 2 rings (SSSR count). The van der Waals surface area contributed by atoms with E-state index in [9.17, 15) is 0 Å². The normalized spacial score (nSPS) is 12.9. The second-order valence-electron chi connectivity index (χ2n) is 3.91. The van der Waals surface area contributed by atoms with E-state index in [1.54, 1.807) is 11.3 Å². The molecule has 0 bridgehead atoms. The van der Waals surface area contributed by atoms with Crippen molar-refractivity contribution in [1.82, 2.24) is 15.2 Å². The van der Waals surface area contributed by atoms with Crippen molar-refractivity contribution >= 4 is 27.3 Å². The van der Waals surface area contributed by atoms with Gasteiger partial charge in [-0.05, 0) is 34.3 Å². The van der Waals surface area contributed by atoms with Crippen molar-refractivity contribution in [2.24, 2.45) is 12.9 Å². The molecule has 1 atom stereocenters. The highest BCUT2D eigenvalue weighted by Crippen LogP contribution is 2.27. The Morgan fingerprint density at radius 1 is 1.65 bits per heavy atom. The average Bonchev–Trinajstić information content (AvgIpc) is 2.89. The van der Waals surface area contributed by atoms with Crippen molar-refractivity contribution in [3.63, 3.8) is 0 Å². The summed E-state index contributed by atoms with van der Waals surface area (Å²) >= 11 is 5.28. The van der Waals surface area contributed by atoms with Crippen LogP contribution in [0.3, 0.4) is 0 Å². The van der Waals surface area contributed by atoms with E-state index in [4.69, 9.17) is 5.84 Å². The van der Waals surface area contributed by atoms with Crippen LogP contribution in [0.2, 0.25) is 0 Å². The maximum atomic E-state index is 5.63. The summed E-state index contributed by atoms with van der Waals surface area (Å²) < 4.78 is 2.97. The zero-order chi connectivity index (χ0) is 12.4. The van der Waals surface area contributed by atoms with Gasteiger partial charge in [-0.2, -0.15) is 5.10 Å². The molecule has 1 unspecified atom stereocenters. The van der Waals surface area contributed by atoms with Crippen molar-refractivity contribution in [3.8, 4) is 0 Å². The number of nitrogens with one attached hydrogen (secondary N) is 1. The fourth-order valence-corrected chi connectivity index (χ4v) is 3.11. The summed E-state index contributed by atoms with van der Waals surface area (Å²) in [6.07, 6.45) is 0.814. The first-order chi connectivity index (χ1) is 8.13. The number of hydrazine groups is 1. The van der Waals surface area contributed by atoms with Gasteiger partial charge in [-0.1, -0.05) is 6.07 Å². The molecule has 0 aliphatic heterocycles. The smallest absolute Gasteiger partial charge is 0.0738 e. The van der Waals surface area contributed by atoms with E-state index >= 15 is 0 Å². The van der Waals surface area contributed by atoms with E-state index in [-0.39, 0.29) is 6.04 Å². The van der Waals surface area contributed by atoms with Crippen LogP contribution in [-0.4, -0.2) is 9.78 Å². The number of halogens is 1. The second-order valence-corrected chi connectivity index (χ2v) is 5.68. The van der Waals surface area contributed by atoms with Gasteiger partial charge in [0.05, 0.1) is 21.9 Å². The van der Waals surface area contributed by atoms with Gasteiger partial charge < -0.3 is 0 Å². The minimum atomic E-state index is 0.126. The molecule has 0 aliphatic carbocycles. The molecule has 2 aromatic rings. The molecular weight excluding hydrogens is 300 g/mol. The van der Waals surface area contributed by atoms with Gasteiger partial charge in [0.1, 0.15) is 0 Å². The van der Waals surface area contributed by atoms with Crippen LogP contribution >= 0.6 is 27.3 Å². The third-order valence-electron chi connectivity index (χ3n) is 2.75. The minimum Gasteiger partial charge on any atom is -0.271 e. The molecule has 2 heterocycles. The Balaban J connectivity index is 2.24. The van der Waals surface area contributed by atoms with Crippen LogP contribution < -0.4 is 11.3 Å². The summed E-state index contributed by atoms with van der Waals surface area (Å²) in [6.45, 7) is 1.99. The molecule has 4 nitrogen and oxygen atoms in total. The quantitative estimate of drug-likeness (QED) is 0.672. The lowest BCUT2D eigenvalue weighted by molar-refractivity contribution is 0.536. The molecule has 6 heteroatoms. The predicted octanol–water partition coefficient (Wildman–Crippen LogP) is 2.30. The molecule has 0 aliphatic rings. The molecule has 0 aromatic carbocycles. The first-order valence-electron chi connectivity index (χ1n) is 5.31. The number of rotatable bonds is 4. The van der Waals surface area contributed by atoms with E-state index in [0.29, 0.717) is 0 Å². The number of nitrogens with two attached hydrogens (primary N) is 1. The van der Waals surface area contributed by atoms with Crippen molar-refractivity contribution in [2.45, 2.75) is 19.4 Å². The molecular formula is C11H15BrN4S. The highest BCUT2D eigenvalue weighted by atomic mass is 79.9. The van der Waals surface area contributed by atoms with Crippen molar-refractivity contribution in [1.29, 1.82) is 0 Å². The fourth-order valence-electron chi connectivity index (χ4n) is 1.83. The van der Waals surface area contributed by atoms with E-state index in [2.05, 4.69) is 37.9 Å². The summed E-state index contributed by atoms with van der Waals surface area (Å²) in [4.78, 5) is 1.23. The maximum absolute atomic E-state index is 5.63. The van der Waals surface area contributed by atoms with Gasteiger partial charge in [0, 0.05) is 18.3 Å². The van der Waals surface area contributed by atoms with Crippen LogP contribution in [0.25, 0.3) is 0 Å². The molecule has 0 amide bonds. The van der Waals surface area contributed by atoms with Crippen molar-refractivity contribution < 1.29 is 0 Å². The number of aromatic nitrogens is 2. The van der Waals surface area contributed by atoms with Crippen molar-refractivity contribution in [3.05, 3.63) is 38.3 Å². The third kappa shape index (κ3) is 2.60. The Kier molecular flexibility index (Phi) is 3.98. The first-order valence-corrected chi connectivity index (χ1v) is 6.98. The van der Waals surface area contributed by atoms with E-state index in [1.165, 1.54) is 4.88 Å². The number of nitrogens with zero attached hydrogens (tertiary/aromatic N) is 2. The average molecular weight is 315 g/mol. The second kappa shape index (κ2) is 5.30. The Labute approximate surface area is 113 Å². The Morgan fingerprint density at radius 2 is 2.41 bits per heavy atom. The monoisotopic (exact) mass is 314 g/mol. The molecule has 0 spiro atoms. The van der Waals surface area contributed by atoms with Gasteiger partial charge >= 0.3 is 0 Å². The lowest BCUT2D eigenvalue weighted by Crippen LogP contribution is -2.29.